The highest BCUT2D eigenvalue weighted by Crippen LogP contribution is 2.19. The van der Waals surface area contributed by atoms with Gasteiger partial charge in [0.2, 0.25) is 0 Å². The van der Waals surface area contributed by atoms with Crippen LogP contribution in [-0.4, -0.2) is 35.6 Å². The molecule has 2 atom stereocenters. The smallest absolute Gasteiger partial charge is 0.127 e. The summed E-state index contributed by atoms with van der Waals surface area (Å²) in [6.07, 6.45) is 2.24. The average Bonchev–Trinajstić information content (AvgIpc) is 2.33. The third-order valence-corrected chi connectivity index (χ3v) is 3.64. The van der Waals surface area contributed by atoms with Crippen LogP contribution in [0, 0.1) is 18.3 Å². The third kappa shape index (κ3) is 2.99. The van der Waals surface area contributed by atoms with E-state index in [-0.39, 0.29) is 0 Å². The van der Waals surface area contributed by atoms with Crippen molar-refractivity contribution in [2.45, 2.75) is 38.8 Å². The van der Waals surface area contributed by atoms with Crippen LogP contribution in [0.2, 0.25) is 0 Å². The summed E-state index contributed by atoms with van der Waals surface area (Å²) < 4.78 is 0. The lowest BCUT2D eigenvalue weighted by atomic mass is 9.99. The maximum atomic E-state index is 8.96. The van der Waals surface area contributed by atoms with Crippen molar-refractivity contribution in [1.82, 2.24) is 9.88 Å². The second-order valence-electron chi connectivity index (χ2n) is 5.19. The van der Waals surface area contributed by atoms with E-state index < -0.39 is 0 Å². The van der Waals surface area contributed by atoms with E-state index in [0.29, 0.717) is 17.6 Å². The van der Waals surface area contributed by atoms with Crippen LogP contribution in [0.15, 0.2) is 12.1 Å². The molecule has 1 saturated heterocycles. The van der Waals surface area contributed by atoms with E-state index in [2.05, 4.69) is 35.2 Å². The second kappa shape index (κ2) is 5.36. The topological polar surface area (TPSA) is 52.0 Å². The first kappa shape index (κ1) is 12.8. The van der Waals surface area contributed by atoms with Gasteiger partial charge >= 0.3 is 0 Å². The number of nitrogens with zero attached hydrogens (tertiary/aromatic N) is 3. The normalized spacial score (nSPS) is 24.6. The van der Waals surface area contributed by atoms with Gasteiger partial charge in [-0.05, 0) is 45.9 Å². The van der Waals surface area contributed by atoms with Gasteiger partial charge in [-0.25, -0.2) is 4.98 Å². The van der Waals surface area contributed by atoms with E-state index >= 15 is 0 Å². The highest BCUT2D eigenvalue weighted by molar-refractivity contribution is 5.45. The van der Waals surface area contributed by atoms with Gasteiger partial charge in [0.05, 0.1) is 11.6 Å². The van der Waals surface area contributed by atoms with Crippen LogP contribution in [-0.2, 0) is 0 Å². The predicted octanol–water partition coefficient (Wildman–Crippen LogP) is 2.16. The van der Waals surface area contributed by atoms with Crippen LogP contribution in [0.3, 0.4) is 0 Å². The number of anilines is 1. The fourth-order valence-corrected chi connectivity index (χ4v) is 2.44. The number of likely N-dealkylation sites (tertiary alicyclic amines) is 1. The Labute approximate surface area is 109 Å². The number of piperidine rings is 1. The van der Waals surface area contributed by atoms with Crippen molar-refractivity contribution in [3.8, 4) is 6.07 Å². The highest BCUT2D eigenvalue weighted by atomic mass is 15.2. The minimum absolute atomic E-state index is 0.456. The van der Waals surface area contributed by atoms with Gasteiger partial charge in [0.15, 0.2) is 0 Å². The van der Waals surface area contributed by atoms with Gasteiger partial charge in [0.1, 0.15) is 5.82 Å². The molecule has 0 aliphatic carbocycles. The maximum Gasteiger partial charge on any atom is 0.127 e. The first-order valence-electron chi connectivity index (χ1n) is 6.44. The molecule has 4 heteroatoms. The van der Waals surface area contributed by atoms with Crippen molar-refractivity contribution in [1.29, 1.82) is 5.26 Å². The Balaban J connectivity index is 2.06. The Kier molecular flexibility index (Phi) is 3.83. The van der Waals surface area contributed by atoms with Crippen molar-refractivity contribution in [3.05, 3.63) is 23.4 Å². The zero-order valence-corrected chi connectivity index (χ0v) is 11.3. The number of aryl methyl sites for hydroxylation is 1. The molecule has 0 saturated carbocycles. The lowest BCUT2D eigenvalue weighted by Gasteiger charge is -2.35. The molecular formula is C14H20N4. The van der Waals surface area contributed by atoms with Crippen molar-refractivity contribution in [2.75, 3.05) is 18.9 Å². The Morgan fingerprint density at radius 2 is 2.28 bits per heavy atom. The van der Waals surface area contributed by atoms with Crippen LogP contribution in [0.5, 0.6) is 0 Å². The van der Waals surface area contributed by atoms with Gasteiger partial charge < -0.3 is 10.2 Å². The van der Waals surface area contributed by atoms with Gasteiger partial charge in [-0.3, -0.25) is 0 Å². The summed E-state index contributed by atoms with van der Waals surface area (Å²) >= 11 is 0. The Morgan fingerprint density at radius 1 is 1.50 bits per heavy atom. The fourth-order valence-electron chi connectivity index (χ4n) is 2.44. The lowest BCUT2D eigenvalue weighted by molar-refractivity contribution is 0.190. The summed E-state index contributed by atoms with van der Waals surface area (Å²) in [7, 11) is 2.17. The molecule has 0 spiro atoms. The molecule has 0 amide bonds. The largest absolute Gasteiger partial charge is 0.367 e. The molecule has 2 rings (SSSR count). The number of pyridine rings is 1. The Hall–Kier alpha value is -1.60. The summed E-state index contributed by atoms with van der Waals surface area (Å²) in [5, 5.41) is 12.4. The molecule has 1 fully saturated rings. The van der Waals surface area contributed by atoms with Crippen molar-refractivity contribution in [2.24, 2.45) is 0 Å². The van der Waals surface area contributed by atoms with Crippen molar-refractivity contribution in [3.63, 3.8) is 0 Å². The van der Waals surface area contributed by atoms with E-state index in [4.69, 9.17) is 5.26 Å². The van der Waals surface area contributed by atoms with Gasteiger partial charge in [0, 0.05) is 24.3 Å². The summed E-state index contributed by atoms with van der Waals surface area (Å²) in [5.41, 5.74) is 1.56. The molecule has 0 radical (unpaired) electrons. The maximum absolute atomic E-state index is 8.96. The standard InChI is InChI=1S/C14H20N4/c1-10-6-12(9-15)8-14(16-10)17-13-4-5-18(3)11(2)7-13/h6,8,11,13H,4-5,7H2,1-3H3,(H,16,17). The SMILES string of the molecule is Cc1cc(C#N)cc(NC2CCN(C)C(C)C2)n1. The third-order valence-electron chi connectivity index (χ3n) is 3.64. The van der Waals surface area contributed by atoms with Crippen LogP contribution < -0.4 is 5.32 Å². The fraction of sp³-hybridized carbons (Fsp3) is 0.571. The molecule has 1 aliphatic rings. The molecular weight excluding hydrogens is 224 g/mol. The molecule has 2 heterocycles. The first-order valence-corrected chi connectivity index (χ1v) is 6.44. The van der Waals surface area contributed by atoms with Crippen LogP contribution in [0.25, 0.3) is 0 Å². The number of hydrogen-bond donors (Lipinski definition) is 1. The Bertz CT molecular complexity index is 463. The number of nitriles is 1. The summed E-state index contributed by atoms with van der Waals surface area (Å²) in [6.45, 7) is 5.28. The van der Waals surface area contributed by atoms with Crippen molar-refractivity contribution < 1.29 is 0 Å². The molecule has 0 bridgehead atoms. The molecule has 1 N–H and O–H groups in total. The summed E-state index contributed by atoms with van der Waals surface area (Å²) in [4.78, 5) is 6.82. The number of aromatic nitrogens is 1. The zero-order valence-electron chi connectivity index (χ0n) is 11.3. The van der Waals surface area contributed by atoms with Gasteiger partial charge in [-0.15, -0.1) is 0 Å². The molecule has 0 aromatic carbocycles. The summed E-state index contributed by atoms with van der Waals surface area (Å²) in [5.74, 6) is 0.827. The average molecular weight is 244 g/mol. The van der Waals surface area contributed by atoms with Crippen LogP contribution in [0.4, 0.5) is 5.82 Å². The molecule has 1 aromatic heterocycles. The van der Waals surface area contributed by atoms with Gasteiger partial charge in [-0.1, -0.05) is 0 Å². The number of hydrogen-bond acceptors (Lipinski definition) is 4. The van der Waals surface area contributed by atoms with E-state index in [1.165, 1.54) is 0 Å². The molecule has 18 heavy (non-hydrogen) atoms. The molecule has 1 aromatic rings. The van der Waals surface area contributed by atoms with Crippen LogP contribution >= 0.6 is 0 Å². The van der Waals surface area contributed by atoms with E-state index in [1.54, 1.807) is 0 Å². The molecule has 4 nitrogen and oxygen atoms in total. The van der Waals surface area contributed by atoms with Gasteiger partial charge in [-0.2, -0.15) is 5.26 Å². The Morgan fingerprint density at radius 3 is 2.94 bits per heavy atom. The zero-order chi connectivity index (χ0) is 13.1. The minimum Gasteiger partial charge on any atom is -0.367 e. The quantitative estimate of drug-likeness (QED) is 0.866. The predicted molar refractivity (Wildman–Crippen MR) is 72.4 cm³/mol. The lowest BCUT2D eigenvalue weighted by Crippen LogP contribution is -2.42. The summed E-state index contributed by atoms with van der Waals surface area (Å²) in [6, 6.07) is 6.86. The van der Waals surface area contributed by atoms with Gasteiger partial charge in [0.25, 0.3) is 0 Å². The number of nitrogens with one attached hydrogen (secondary N) is 1. The second-order valence-corrected chi connectivity index (χ2v) is 5.19. The molecule has 1 aliphatic heterocycles. The van der Waals surface area contributed by atoms with E-state index in [1.807, 2.05) is 19.1 Å². The van der Waals surface area contributed by atoms with Crippen molar-refractivity contribution >= 4 is 5.82 Å². The van der Waals surface area contributed by atoms with Crippen LogP contribution in [0.1, 0.15) is 31.0 Å². The monoisotopic (exact) mass is 244 g/mol. The minimum atomic E-state index is 0.456. The first-order chi connectivity index (χ1) is 8.58. The molecule has 96 valence electrons. The van der Waals surface area contributed by atoms with E-state index in [0.717, 1.165) is 30.9 Å². The number of rotatable bonds is 2. The molecule has 2 unspecified atom stereocenters. The van der Waals surface area contributed by atoms with E-state index in [9.17, 15) is 0 Å². The highest BCUT2D eigenvalue weighted by Gasteiger charge is 2.22.